The zero-order valence-electron chi connectivity index (χ0n) is 11.4. The minimum Gasteiger partial charge on any atom is -0.324 e. The van der Waals surface area contributed by atoms with E-state index in [2.05, 4.69) is 10.6 Å². The number of nitrogens with two attached hydrogens (primary N) is 1. The van der Waals surface area contributed by atoms with Crippen molar-refractivity contribution in [1.29, 1.82) is 0 Å². The number of carbonyl (C=O) groups is 1. The molecule has 0 aliphatic heterocycles. The van der Waals surface area contributed by atoms with Crippen LogP contribution in [-0.4, -0.2) is 6.03 Å². The Morgan fingerprint density at radius 2 is 2.00 bits per heavy atom. The molecular weight excluding hydrogens is 293 g/mol. The molecule has 0 spiro atoms. The molecule has 2 amide bonds. The predicted molar refractivity (Wildman–Crippen MR) is 83.1 cm³/mol. The van der Waals surface area contributed by atoms with E-state index in [0.717, 1.165) is 11.6 Å². The number of anilines is 2. The molecule has 2 aromatic carbocycles. The molecular formula is C15H15ClFN3O. The monoisotopic (exact) mass is 307 g/mol. The number of carbonyl (C=O) groups excluding carboxylic acids is 1. The van der Waals surface area contributed by atoms with E-state index in [1.165, 1.54) is 12.1 Å². The Kier molecular flexibility index (Phi) is 4.77. The van der Waals surface area contributed by atoms with Crippen LogP contribution in [0.25, 0.3) is 0 Å². The number of benzene rings is 2. The van der Waals surface area contributed by atoms with E-state index in [-0.39, 0.29) is 16.8 Å². The Morgan fingerprint density at radius 3 is 2.67 bits per heavy atom. The van der Waals surface area contributed by atoms with Crippen LogP contribution in [0.15, 0.2) is 42.5 Å². The van der Waals surface area contributed by atoms with Crippen molar-refractivity contribution in [2.24, 2.45) is 5.73 Å². The highest BCUT2D eigenvalue weighted by molar-refractivity contribution is 6.30. The summed E-state index contributed by atoms with van der Waals surface area (Å²) in [6.45, 7) is 1.85. The van der Waals surface area contributed by atoms with Crippen molar-refractivity contribution >= 4 is 29.0 Å². The van der Waals surface area contributed by atoms with Gasteiger partial charge in [0.05, 0.1) is 5.69 Å². The van der Waals surface area contributed by atoms with E-state index in [1.807, 2.05) is 13.0 Å². The maximum atomic E-state index is 13.6. The van der Waals surface area contributed by atoms with E-state index in [4.69, 9.17) is 17.3 Å². The van der Waals surface area contributed by atoms with Crippen LogP contribution in [0.1, 0.15) is 18.5 Å². The number of urea groups is 1. The third kappa shape index (κ3) is 4.18. The van der Waals surface area contributed by atoms with Crippen LogP contribution in [0, 0.1) is 5.82 Å². The SMILES string of the molecule is CC(N)c1cccc(NC(=O)Nc2ccc(Cl)cc2F)c1. The molecule has 21 heavy (non-hydrogen) atoms. The second kappa shape index (κ2) is 6.56. The summed E-state index contributed by atoms with van der Waals surface area (Å²) in [5.41, 5.74) is 7.31. The minimum atomic E-state index is -0.595. The van der Waals surface area contributed by atoms with Gasteiger partial charge >= 0.3 is 6.03 Å². The van der Waals surface area contributed by atoms with Crippen molar-refractivity contribution in [3.05, 3.63) is 58.9 Å². The number of rotatable bonds is 3. The first kappa shape index (κ1) is 15.3. The summed E-state index contributed by atoms with van der Waals surface area (Å²) < 4.78 is 13.6. The first-order valence-corrected chi connectivity index (χ1v) is 6.72. The van der Waals surface area contributed by atoms with E-state index >= 15 is 0 Å². The summed E-state index contributed by atoms with van der Waals surface area (Å²) in [6, 6.07) is 10.5. The average molecular weight is 308 g/mol. The molecule has 0 aromatic heterocycles. The third-order valence-electron chi connectivity index (χ3n) is 2.85. The Morgan fingerprint density at radius 1 is 1.24 bits per heavy atom. The Labute approximate surface area is 127 Å². The van der Waals surface area contributed by atoms with Crippen molar-refractivity contribution in [1.82, 2.24) is 0 Å². The van der Waals surface area contributed by atoms with Crippen LogP contribution in [0.3, 0.4) is 0 Å². The fourth-order valence-electron chi connectivity index (χ4n) is 1.78. The lowest BCUT2D eigenvalue weighted by atomic mass is 10.1. The van der Waals surface area contributed by atoms with Gasteiger partial charge in [-0.05, 0) is 42.8 Å². The Balaban J connectivity index is 2.06. The number of amides is 2. The number of hydrogen-bond donors (Lipinski definition) is 3. The van der Waals surface area contributed by atoms with E-state index in [1.54, 1.807) is 18.2 Å². The van der Waals surface area contributed by atoms with Gasteiger partial charge in [0.2, 0.25) is 0 Å². The maximum Gasteiger partial charge on any atom is 0.323 e. The molecule has 0 radical (unpaired) electrons. The van der Waals surface area contributed by atoms with Crippen molar-refractivity contribution < 1.29 is 9.18 Å². The quantitative estimate of drug-likeness (QED) is 0.797. The second-order valence-electron chi connectivity index (χ2n) is 4.62. The lowest BCUT2D eigenvalue weighted by Crippen LogP contribution is -2.20. The molecule has 0 aliphatic carbocycles. The molecule has 2 aromatic rings. The fraction of sp³-hybridized carbons (Fsp3) is 0.133. The largest absolute Gasteiger partial charge is 0.324 e. The predicted octanol–water partition coefficient (Wildman–Crippen LogP) is 4.14. The highest BCUT2D eigenvalue weighted by Gasteiger charge is 2.08. The van der Waals surface area contributed by atoms with Crippen LogP contribution >= 0.6 is 11.6 Å². The molecule has 0 saturated heterocycles. The van der Waals surface area contributed by atoms with Gasteiger partial charge in [-0.15, -0.1) is 0 Å². The van der Waals surface area contributed by atoms with Crippen LogP contribution in [0.5, 0.6) is 0 Å². The standard InChI is InChI=1S/C15H15ClFN3O/c1-9(18)10-3-2-4-12(7-10)19-15(21)20-14-6-5-11(16)8-13(14)17/h2-9H,18H2,1H3,(H2,19,20,21). The lowest BCUT2D eigenvalue weighted by Gasteiger charge is -2.11. The normalized spacial score (nSPS) is 11.8. The van der Waals surface area contributed by atoms with Crippen LogP contribution < -0.4 is 16.4 Å². The van der Waals surface area contributed by atoms with Gasteiger partial charge < -0.3 is 16.4 Å². The summed E-state index contributed by atoms with van der Waals surface area (Å²) in [7, 11) is 0. The molecule has 0 heterocycles. The molecule has 4 nitrogen and oxygen atoms in total. The number of nitrogens with one attached hydrogen (secondary N) is 2. The van der Waals surface area contributed by atoms with Gasteiger partial charge in [-0.1, -0.05) is 23.7 Å². The zero-order chi connectivity index (χ0) is 15.4. The summed E-state index contributed by atoms with van der Waals surface area (Å²) in [5, 5.41) is 5.31. The molecule has 1 unspecified atom stereocenters. The van der Waals surface area contributed by atoms with Gasteiger partial charge in [0.25, 0.3) is 0 Å². The fourth-order valence-corrected chi connectivity index (χ4v) is 1.93. The van der Waals surface area contributed by atoms with Gasteiger partial charge in [0, 0.05) is 16.8 Å². The molecule has 0 fully saturated rings. The van der Waals surface area contributed by atoms with Crippen LogP contribution in [0.4, 0.5) is 20.6 Å². The van der Waals surface area contributed by atoms with Crippen LogP contribution in [-0.2, 0) is 0 Å². The topological polar surface area (TPSA) is 67.1 Å². The van der Waals surface area contributed by atoms with Crippen molar-refractivity contribution in [3.8, 4) is 0 Å². The lowest BCUT2D eigenvalue weighted by molar-refractivity contribution is 0.262. The highest BCUT2D eigenvalue weighted by atomic mass is 35.5. The van der Waals surface area contributed by atoms with Crippen LogP contribution in [0.2, 0.25) is 5.02 Å². The Bertz CT molecular complexity index is 661. The van der Waals surface area contributed by atoms with E-state index < -0.39 is 11.8 Å². The average Bonchev–Trinajstić information content (AvgIpc) is 2.42. The molecule has 1 atom stereocenters. The summed E-state index contributed by atoms with van der Waals surface area (Å²) in [6.07, 6.45) is 0. The second-order valence-corrected chi connectivity index (χ2v) is 5.05. The number of hydrogen-bond acceptors (Lipinski definition) is 2. The molecule has 2 rings (SSSR count). The molecule has 0 saturated carbocycles. The first-order chi connectivity index (χ1) is 9.95. The highest BCUT2D eigenvalue weighted by Crippen LogP contribution is 2.20. The summed E-state index contributed by atoms with van der Waals surface area (Å²) >= 11 is 5.65. The van der Waals surface area contributed by atoms with Crippen molar-refractivity contribution in [3.63, 3.8) is 0 Å². The maximum absolute atomic E-state index is 13.6. The van der Waals surface area contributed by atoms with Crippen molar-refractivity contribution in [2.45, 2.75) is 13.0 Å². The van der Waals surface area contributed by atoms with E-state index in [9.17, 15) is 9.18 Å². The van der Waals surface area contributed by atoms with Gasteiger partial charge in [0.1, 0.15) is 5.82 Å². The number of halogens is 2. The van der Waals surface area contributed by atoms with Gasteiger partial charge in [0.15, 0.2) is 0 Å². The zero-order valence-corrected chi connectivity index (χ0v) is 12.1. The summed E-state index contributed by atoms with van der Waals surface area (Å²) in [4.78, 5) is 11.8. The van der Waals surface area contributed by atoms with Crippen molar-refractivity contribution in [2.75, 3.05) is 10.6 Å². The smallest absolute Gasteiger partial charge is 0.323 e. The van der Waals surface area contributed by atoms with Gasteiger partial charge in [-0.2, -0.15) is 0 Å². The molecule has 6 heteroatoms. The first-order valence-electron chi connectivity index (χ1n) is 6.34. The molecule has 110 valence electrons. The molecule has 0 bridgehead atoms. The van der Waals surface area contributed by atoms with Gasteiger partial charge in [-0.25, -0.2) is 9.18 Å². The third-order valence-corrected chi connectivity index (χ3v) is 3.08. The summed E-state index contributed by atoms with van der Waals surface area (Å²) in [5.74, 6) is -0.595. The Hall–Kier alpha value is -2.11. The minimum absolute atomic E-state index is 0.0558. The molecule has 0 aliphatic rings. The van der Waals surface area contributed by atoms with E-state index in [0.29, 0.717) is 5.69 Å². The molecule has 4 N–H and O–H groups in total. The van der Waals surface area contributed by atoms with Gasteiger partial charge in [-0.3, -0.25) is 0 Å².